The highest BCUT2D eigenvalue weighted by atomic mass is 19.3. The summed E-state index contributed by atoms with van der Waals surface area (Å²) in [5, 5.41) is 3.26. The fraction of sp³-hybridized carbons (Fsp3) is 0.562. The number of hydrogen-bond acceptors (Lipinski definition) is 3. The lowest BCUT2D eigenvalue weighted by molar-refractivity contribution is -0.123. The number of carbonyl (C=O) groups is 1. The van der Waals surface area contributed by atoms with E-state index in [0.29, 0.717) is 6.54 Å². The second kappa shape index (κ2) is 6.60. The Bertz CT molecular complexity index is 545. The summed E-state index contributed by atoms with van der Waals surface area (Å²) in [6.45, 7) is -0.379. The predicted molar refractivity (Wildman–Crippen MR) is 79.3 cm³/mol. The average molecular weight is 310 g/mol. The maximum absolute atomic E-state index is 12.7. The summed E-state index contributed by atoms with van der Waals surface area (Å²) in [5.41, 5.74) is 1.75. The van der Waals surface area contributed by atoms with Gasteiger partial charge in [0.05, 0.1) is 0 Å². The highest BCUT2D eigenvalue weighted by molar-refractivity contribution is 5.96. The number of fused-ring (bicyclic) bond motifs is 1. The monoisotopic (exact) mass is 310 g/mol. The molecule has 0 aromatic heterocycles. The molecule has 1 fully saturated rings. The van der Waals surface area contributed by atoms with Crippen molar-refractivity contribution < 1.29 is 18.3 Å². The lowest BCUT2D eigenvalue weighted by Crippen LogP contribution is -2.43. The molecule has 2 aliphatic heterocycles. The number of benzene rings is 1. The molecule has 1 amide bonds. The predicted octanol–water partition coefficient (Wildman–Crippen LogP) is 2.57. The van der Waals surface area contributed by atoms with Crippen molar-refractivity contribution in [2.24, 2.45) is 5.92 Å². The molecular weight excluding hydrogens is 290 g/mol. The maximum atomic E-state index is 12.7. The first-order valence-corrected chi connectivity index (χ1v) is 7.75. The molecule has 0 saturated carbocycles. The Labute approximate surface area is 128 Å². The van der Waals surface area contributed by atoms with Crippen LogP contribution >= 0.6 is 0 Å². The van der Waals surface area contributed by atoms with Gasteiger partial charge in [-0.2, -0.15) is 8.78 Å². The maximum Gasteiger partial charge on any atom is 0.387 e. The number of aryl methyl sites for hydroxylation is 1. The van der Waals surface area contributed by atoms with Crippen molar-refractivity contribution in [1.29, 1.82) is 0 Å². The molecule has 1 aromatic rings. The second-order valence-electron chi connectivity index (χ2n) is 5.79. The van der Waals surface area contributed by atoms with E-state index in [1.54, 1.807) is 12.1 Å². The van der Waals surface area contributed by atoms with Crippen molar-refractivity contribution in [3.63, 3.8) is 0 Å². The number of halogens is 2. The van der Waals surface area contributed by atoms with Crippen LogP contribution < -0.4 is 15.0 Å². The highest BCUT2D eigenvalue weighted by Crippen LogP contribution is 2.32. The first-order valence-electron chi connectivity index (χ1n) is 7.75. The standard InChI is InChI=1S/C16H20F2N2O2/c17-16(18)22-13-3-4-14-12(10-13)2-1-9-20(14)15(21)11-5-7-19-8-6-11/h3-4,10-11,16,19H,1-2,5-9H2. The van der Waals surface area contributed by atoms with E-state index in [9.17, 15) is 13.6 Å². The molecule has 2 heterocycles. The van der Waals surface area contributed by atoms with Crippen LogP contribution in [0.25, 0.3) is 0 Å². The van der Waals surface area contributed by atoms with Gasteiger partial charge in [0.2, 0.25) is 5.91 Å². The number of nitrogens with zero attached hydrogens (tertiary/aromatic N) is 1. The van der Waals surface area contributed by atoms with Crippen LogP contribution in [0.3, 0.4) is 0 Å². The van der Waals surface area contributed by atoms with E-state index in [-0.39, 0.29) is 17.6 Å². The van der Waals surface area contributed by atoms with Gasteiger partial charge in [-0.1, -0.05) is 0 Å². The van der Waals surface area contributed by atoms with Gasteiger partial charge in [-0.3, -0.25) is 4.79 Å². The largest absolute Gasteiger partial charge is 0.435 e. The summed E-state index contributed by atoms with van der Waals surface area (Å²) in [6.07, 6.45) is 3.35. The van der Waals surface area contributed by atoms with Gasteiger partial charge in [0.15, 0.2) is 0 Å². The molecule has 4 nitrogen and oxygen atoms in total. The minimum Gasteiger partial charge on any atom is -0.435 e. The molecule has 3 rings (SSSR count). The van der Waals surface area contributed by atoms with Gasteiger partial charge >= 0.3 is 6.61 Å². The molecular formula is C16H20F2N2O2. The molecule has 0 atom stereocenters. The third-order valence-electron chi connectivity index (χ3n) is 4.35. The van der Waals surface area contributed by atoms with E-state index in [0.717, 1.165) is 50.0 Å². The van der Waals surface area contributed by atoms with Gasteiger partial charge in [0, 0.05) is 18.2 Å². The number of amides is 1. The lowest BCUT2D eigenvalue weighted by Gasteiger charge is -2.34. The van der Waals surface area contributed by atoms with E-state index in [2.05, 4.69) is 10.1 Å². The van der Waals surface area contributed by atoms with E-state index in [1.165, 1.54) is 6.07 Å². The Morgan fingerprint density at radius 1 is 1.32 bits per heavy atom. The normalized spacial score (nSPS) is 19.1. The van der Waals surface area contributed by atoms with E-state index in [4.69, 9.17) is 0 Å². The first kappa shape index (κ1) is 15.2. The topological polar surface area (TPSA) is 41.6 Å². The van der Waals surface area contributed by atoms with Crippen molar-refractivity contribution in [3.8, 4) is 5.75 Å². The number of carbonyl (C=O) groups excluding carboxylic acids is 1. The van der Waals surface area contributed by atoms with Crippen molar-refractivity contribution in [2.75, 3.05) is 24.5 Å². The van der Waals surface area contributed by atoms with Crippen LogP contribution in [0.15, 0.2) is 18.2 Å². The number of hydrogen-bond donors (Lipinski definition) is 1. The van der Waals surface area contributed by atoms with Crippen LogP contribution in [0.1, 0.15) is 24.8 Å². The van der Waals surface area contributed by atoms with Gasteiger partial charge in [-0.25, -0.2) is 0 Å². The Morgan fingerprint density at radius 2 is 2.09 bits per heavy atom. The van der Waals surface area contributed by atoms with Gasteiger partial charge in [-0.05, 0) is 62.5 Å². The number of alkyl halides is 2. The SMILES string of the molecule is O=C(C1CCNCC1)N1CCCc2cc(OC(F)F)ccc21. The van der Waals surface area contributed by atoms with Crippen LogP contribution in [-0.4, -0.2) is 32.2 Å². The number of rotatable bonds is 3. The zero-order chi connectivity index (χ0) is 15.5. The van der Waals surface area contributed by atoms with Crippen LogP contribution in [0.5, 0.6) is 5.75 Å². The zero-order valence-corrected chi connectivity index (χ0v) is 12.4. The van der Waals surface area contributed by atoms with Gasteiger partial charge in [0.1, 0.15) is 5.75 Å². The molecule has 1 N–H and O–H groups in total. The first-order chi connectivity index (χ1) is 10.6. The highest BCUT2D eigenvalue weighted by Gasteiger charge is 2.29. The Kier molecular flexibility index (Phi) is 4.57. The quantitative estimate of drug-likeness (QED) is 0.933. The molecule has 1 aromatic carbocycles. The van der Waals surface area contributed by atoms with Crippen LogP contribution in [0, 0.1) is 5.92 Å². The molecule has 22 heavy (non-hydrogen) atoms. The van der Waals surface area contributed by atoms with Crippen molar-refractivity contribution in [3.05, 3.63) is 23.8 Å². The fourth-order valence-electron chi connectivity index (χ4n) is 3.27. The molecule has 2 aliphatic rings. The van der Waals surface area contributed by atoms with Gasteiger partial charge < -0.3 is 15.0 Å². The fourth-order valence-corrected chi connectivity index (χ4v) is 3.27. The van der Waals surface area contributed by atoms with Crippen LogP contribution in [-0.2, 0) is 11.2 Å². The molecule has 0 unspecified atom stereocenters. The van der Waals surface area contributed by atoms with Crippen LogP contribution in [0.4, 0.5) is 14.5 Å². The summed E-state index contributed by atoms with van der Waals surface area (Å²) < 4.78 is 29.1. The summed E-state index contributed by atoms with van der Waals surface area (Å²) in [5.74, 6) is 0.374. The summed E-state index contributed by atoms with van der Waals surface area (Å²) >= 11 is 0. The molecule has 1 saturated heterocycles. The summed E-state index contributed by atoms with van der Waals surface area (Å²) in [4.78, 5) is 14.5. The lowest BCUT2D eigenvalue weighted by atomic mass is 9.94. The third kappa shape index (κ3) is 3.21. The molecule has 0 aliphatic carbocycles. The molecule has 120 valence electrons. The second-order valence-corrected chi connectivity index (χ2v) is 5.79. The summed E-state index contributed by atoms with van der Waals surface area (Å²) in [7, 11) is 0. The molecule has 6 heteroatoms. The van der Waals surface area contributed by atoms with E-state index in [1.807, 2.05) is 4.90 Å². The van der Waals surface area contributed by atoms with Crippen molar-refractivity contribution >= 4 is 11.6 Å². The van der Waals surface area contributed by atoms with E-state index >= 15 is 0 Å². The van der Waals surface area contributed by atoms with Crippen molar-refractivity contribution in [2.45, 2.75) is 32.3 Å². The third-order valence-corrected chi connectivity index (χ3v) is 4.35. The smallest absolute Gasteiger partial charge is 0.387 e. The number of ether oxygens (including phenoxy) is 1. The average Bonchev–Trinajstić information content (AvgIpc) is 2.53. The number of anilines is 1. The van der Waals surface area contributed by atoms with Gasteiger partial charge in [-0.15, -0.1) is 0 Å². The number of piperidine rings is 1. The molecule has 0 spiro atoms. The zero-order valence-electron chi connectivity index (χ0n) is 12.4. The number of nitrogens with one attached hydrogen (secondary N) is 1. The summed E-state index contributed by atoms with van der Waals surface area (Å²) in [6, 6.07) is 4.87. The minimum atomic E-state index is -2.82. The molecule has 0 bridgehead atoms. The van der Waals surface area contributed by atoms with E-state index < -0.39 is 6.61 Å². The Balaban J connectivity index is 1.80. The minimum absolute atomic E-state index is 0.0594. The Hall–Kier alpha value is -1.69. The van der Waals surface area contributed by atoms with Gasteiger partial charge in [0.25, 0.3) is 0 Å². The molecule has 0 radical (unpaired) electrons. The van der Waals surface area contributed by atoms with Crippen molar-refractivity contribution in [1.82, 2.24) is 5.32 Å². The Morgan fingerprint density at radius 3 is 2.82 bits per heavy atom. The van der Waals surface area contributed by atoms with Crippen LogP contribution in [0.2, 0.25) is 0 Å².